The second-order valence-corrected chi connectivity index (χ2v) is 4.82. The van der Waals surface area contributed by atoms with Gasteiger partial charge >= 0.3 is 0 Å². The van der Waals surface area contributed by atoms with E-state index in [2.05, 4.69) is 5.10 Å². The first-order valence-corrected chi connectivity index (χ1v) is 5.95. The van der Waals surface area contributed by atoms with Crippen molar-refractivity contribution in [1.82, 2.24) is 5.10 Å². The maximum Gasteiger partial charge on any atom is 0.239 e. The molecule has 0 saturated carbocycles. The molecule has 0 radical (unpaired) electrons. The summed E-state index contributed by atoms with van der Waals surface area (Å²) in [6, 6.07) is 11.4. The van der Waals surface area contributed by atoms with Gasteiger partial charge in [0.05, 0.1) is 5.39 Å². The fourth-order valence-corrected chi connectivity index (χ4v) is 2.38. The summed E-state index contributed by atoms with van der Waals surface area (Å²) in [6.45, 7) is 0. The first-order chi connectivity index (χ1) is 8.15. The molecule has 1 heterocycles. The molecule has 0 aliphatic heterocycles. The molecule has 3 rings (SSSR count). The molecular weight excluding hydrogens is 255 g/mol. The molecule has 0 spiro atoms. The predicted octanol–water partition coefficient (Wildman–Crippen LogP) is 3.52. The fourth-order valence-electron chi connectivity index (χ4n) is 2.03. The molecule has 0 aliphatic rings. The van der Waals surface area contributed by atoms with Crippen molar-refractivity contribution in [2.75, 3.05) is 0 Å². The number of nitrogens with zero attached hydrogens (tertiary/aromatic N) is 2. The maximum atomic E-state index is 6.05. The van der Waals surface area contributed by atoms with Crippen LogP contribution in [0.5, 0.6) is 0 Å². The van der Waals surface area contributed by atoms with Crippen LogP contribution in [0.2, 0.25) is 10.0 Å². The second kappa shape index (κ2) is 3.83. The Labute approximate surface area is 108 Å². The van der Waals surface area contributed by atoms with Crippen LogP contribution >= 0.6 is 23.2 Å². The average molecular weight is 264 g/mol. The lowest BCUT2D eigenvalue weighted by atomic mass is 10.1. The molecule has 0 amide bonds. The van der Waals surface area contributed by atoms with Crippen LogP contribution in [0.4, 0.5) is 0 Å². The number of hydrogen-bond acceptors (Lipinski definition) is 1. The van der Waals surface area contributed by atoms with Gasteiger partial charge in [-0.05, 0) is 30.3 Å². The number of fused-ring (bicyclic) bond motifs is 3. The van der Waals surface area contributed by atoms with E-state index in [1.807, 2.05) is 48.1 Å². The molecular formula is C13H9Cl2N2+. The predicted molar refractivity (Wildman–Crippen MR) is 70.4 cm³/mol. The maximum absolute atomic E-state index is 6.05. The van der Waals surface area contributed by atoms with Gasteiger partial charge in [0.15, 0.2) is 7.05 Å². The normalized spacial score (nSPS) is 11.2. The minimum absolute atomic E-state index is 0.703. The highest BCUT2D eigenvalue weighted by molar-refractivity contribution is 6.32. The van der Waals surface area contributed by atoms with Crippen LogP contribution in [-0.4, -0.2) is 5.10 Å². The Morgan fingerprint density at radius 2 is 1.59 bits per heavy atom. The quantitative estimate of drug-likeness (QED) is 0.448. The fraction of sp³-hybridized carbons (Fsp3) is 0.0769. The number of benzene rings is 2. The van der Waals surface area contributed by atoms with Crippen LogP contribution < -0.4 is 4.68 Å². The van der Waals surface area contributed by atoms with E-state index in [9.17, 15) is 0 Å². The van der Waals surface area contributed by atoms with Crippen molar-refractivity contribution in [2.24, 2.45) is 7.05 Å². The molecule has 4 heteroatoms. The van der Waals surface area contributed by atoms with Crippen LogP contribution in [0, 0.1) is 0 Å². The van der Waals surface area contributed by atoms with Gasteiger partial charge in [-0.25, -0.2) is 0 Å². The smallest absolute Gasteiger partial charge is 0.0858 e. The minimum atomic E-state index is 0.703. The summed E-state index contributed by atoms with van der Waals surface area (Å²) in [6.07, 6.45) is 0. The Hall–Kier alpha value is -1.38. The van der Waals surface area contributed by atoms with E-state index >= 15 is 0 Å². The zero-order valence-electron chi connectivity index (χ0n) is 9.11. The van der Waals surface area contributed by atoms with Crippen molar-refractivity contribution < 1.29 is 4.68 Å². The molecule has 0 unspecified atom stereocenters. The monoisotopic (exact) mass is 263 g/mol. The highest BCUT2D eigenvalue weighted by Gasteiger charge is 2.12. The van der Waals surface area contributed by atoms with Crippen molar-refractivity contribution in [3.63, 3.8) is 0 Å². The summed E-state index contributed by atoms with van der Waals surface area (Å²) in [5, 5.41) is 7.99. The highest BCUT2D eigenvalue weighted by atomic mass is 35.5. The molecule has 0 N–H and O–H groups in total. The lowest BCUT2D eigenvalue weighted by Crippen LogP contribution is -2.33. The molecule has 17 heavy (non-hydrogen) atoms. The lowest BCUT2D eigenvalue weighted by molar-refractivity contribution is -0.703. The second-order valence-electron chi connectivity index (χ2n) is 3.95. The lowest BCUT2D eigenvalue weighted by Gasteiger charge is -2.01. The molecule has 0 fully saturated rings. The van der Waals surface area contributed by atoms with Gasteiger partial charge in [0.2, 0.25) is 5.52 Å². The van der Waals surface area contributed by atoms with Gasteiger partial charge in [-0.3, -0.25) is 0 Å². The van der Waals surface area contributed by atoms with Gasteiger partial charge in [0.25, 0.3) is 0 Å². The van der Waals surface area contributed by atoms with Gasteiger partial charge in [-0.2, -0.15) is 0 Å². The summed E-state index contributed by atoms with van der Waals surface area (Å²) in [5.41, 5.74) is 1.94. The molecule has 2 aromatic carbocycles. The molecule has 0 atom stereocenters. The summed E-state index contributed by atoms with van der Waals surface area (Å²) in [5.74, 6) is 0. The molecule has 1 aromatic heterocycles. The van der Waals surface area contributed by atoms with Crippen LogP contribution in [0.25, 0.3) is 21.8 Å². The third-order valence-electron chi connectivity index (χ3n) is 2.81. The first kappa shape index (κ1) is 10.8. The van der Waals surface area contributed by atoms with Gasteiger partial charge in [0.1, 0.15) is 5.52 Å². The third-order valence-corrected chi connectivity index (χ3v) is 3.28. The van der Waals surface area contributed by atoms with E-state index in [0.717, 1.165) is 21.8 Å². The molecule has 0 aliphatic carbocycles. The summed E-state index contributed by atoms with van der Waals surface area (Å²) in [4.78, 5) is 0. The molecule has 0 saturated heterocycles. The molecule has 3 aromatic rings. The van der Waals surface area contributed by atoms with Gasteiger partial charge in [0, 0.05) is 26.6 Å². The van der Waals surface area contributed by atoms with Crippen LogP contribution in [0.15, 0.2) is 36.4 Å². The van der Waals surface area contributed by atoms with Crippen LogP contribution in [-0.2, 0) is 7.05 Å². The zero-order valence-corrected chi connectivity index (χ0v) is 10.6. The number of hydrogen-bond donors (Lipinski definition) is 0. The Bertz CT molecular complexity index is 738. The molecule has 0 bridgehead atoms. The largest absolute Gasteiger partial charge is 0.239 e. The topological polar surface area (TPSA) is 16.8 Å². The van der Waals surface area contributed by atoms with E-state index < -0.39 is 0 Å². The van der Waals surface area contributed by atoms with Gasteiger partial charge < -0.3 is 0 Å². The van der Waals surface area contributed by atoms with E-state index in [1.54, 1.807) is 0 Å². The van der Waals surface area contributed by atoms with Crippen molar-refractivity contribution >= 4 is 45.0 Å². The number of aryl methyl sites for hydroxylation is 1. The third kappa shape index (κ3) is 1.74. The number of rotatable bonds is 0. The molecule has 84 valence electrons. The minimum Gasteiger partial charge on any atom is -0.0858 e. The van der Waals surface area contributed by atoms with Gasteiger partial charge in [-0.15, -0.1) is 0 Å². The SMILES string of the molecule is C[n+]1nc2ccc(Cl)cc2c2cc(Cl)ccc21. The van der Waals surface area contributed by atoms with E-state index in [-0.39, 0.29) is 0 Å². The summed E-state index contributed by atoms with van der Waals surface area (Å²) >= 11 is 12.1. The Morgan fingerprint density at radius 3 is 2.35 bits per heavy atom. The van der Waals surface area contributed by atoms with E-state index in [4.69, 9.17) is 23.2 Å². The first-order valence-electron chi connectivity index (χ1n) is 5.20. The van der Waals surface area contributed by atoms with Crippen molar-refractivity contribution in [2.45, 2.75) is 0 Å². The highest BCUT2D eigenvalue weighted by Crippen LogP contribution is 2.26. The Kier molecular flexibility index (Phi) is 2.42. The van der Waals surface area contributed by atoms with E-state index in [1.165, 1.54) is 0 Å². The summed E-state index contributed by atoms with van der Waals surface area (Å²) in [7, 11) is 1.92. The van der Waals surface area contributed by atoms with E-state index in [0.29, 0.717) is 10.0 Å². The van der Waals surface area contributed by atoms with Crippen molar-refractivity contribution in [3.8, 4) is 0 Å². The Balaban J connectivity index is 2.59. The summed E-state index contributed by atoms with van der Waals surface area (Å²) < 4.78 is 1.85. The zero-order chi connectivity index (χ0) is 12.0. The Morgan fingerprint density at radius 1 is 0.941 bits per heavy atom. The average Bonchev–Trinajstić information content (AvgIpc) is 2.30. The number of halogens is 2. The number of aromatic nitrogens is 2. The van der Waals surface area contributed by atoms with Crippen molar-refractivity contribution in [3.05, 3.63) is 46.4 Å². The standard InChI is InChI=1S/C13H9Cl2N2/c1-17-13-5-3-9(15)7-11(13)10-6-8(14)2-4-12(10)16-17/h2-7H,1H3/q+1. The van der Waals surface area contributed by atoms with Crippen LogP contribution in [0.1, 0.15) is 0 Å². The van der Waals surface area contributed by atoms with Crippen LogP contribution in [0.3, 0.4) is 0 Å². The van der Waals surface area contributed by atoms with Crippen molar-refractivity contribution in [1.29, 1.82) is 0 Å². The van der Waals surface area contributed by atoms with Gasteiger partial charge in [-0.1, -0.05) is 27.9 Å². The molecule has 2 nitrogen and oxygen atoms in total.